The summed E-state index contributed by atoms with van der Waals surface area (Å²) in [4.78, 5) is 4.86. The summed E-state index contributed by atoms with van der Waals surface area (Å²) in [6, 6.07) is 18.4. The first-order valence-corrected chi connectivity index (χ1v) is 10.2. The van der Waals surface area contributed by atoms with E-state index >= 15 is 0 Å². The number of fused-ring (bicyclic) bond motifs is 1. The van der Waals surface area contributed by atoms with Crippen molar-refractivity contribution in [2.75, 3.05) is 28.4 Å². The third kappa shape index (κ3) is 4.22. The molecule has 0 atom stereocenters. The van der Waals surface area contributed by atoms with Gasteiger partial charge in [-0.25, -0.2) is 4.99 Å². The number of ether oxygens (including phenoxy) is 4. The fraction of sp³-hybridized carbons (Fsp3) is 0.160. The molecule has 0 aliphatic carbocycles. The van der Waals surface area contributed by atoms with E-state index < -0.39 is 0 Å². The van der Waals surface area contributed by atoms with Crippen molar-refractivity contribution in [2.24, 2.45) is 4.99 Å². The first-order valence-electron chi connectivity index (χ1n) is 9.79. The summed E-state index contributed by atoms with van der Waals surface area (Å²) in [6.45, 7) is 0. The molecule has 1 aromatic heterocycles. The maximum absolute atomic E-state index is 6.27. The Hall–Kier alpha value is -3.64. The van der Waals surface area contributed by atoms with E-state index in [1.165, 1.54) is 0 Å². The van der Waals surface area contributed by atoms with Gasteiger partial charge in [-0.05, 0) is 48.5 Å². The summed E-state index contributed by atoms with van der Waals surface area (Å²) in [7, 11) is 6.39. The molecule has 0 spiro atoms. The molecule has 3 aromatic carbocycles. The molecule has 32 heavy (non-hydrogen) atoms. The first-order chi connectivity index (χ1) is 15.6. The number of hydrogen-bond donors (Lipinski definition) is 0. The lowest BCUT2D eigenvalue weighted by Crippen LogP contribution is -2.04. The Morgan fingerprint density at radius 3 is 2.22 bits per heavy atom. The summed E-state index contributed by atoms with van der Waals surface area (Å²) in [5.41, 5.74) is 2.12. The Morgan fingerprint density at radius 1 is 0.719 bits per heavy atom. The van der Waals surface area contributed by atoms with Crippen LogP contribution in [0.3, 0.4) is 0 Å². The molecule has 0 unspecified atom stereocenters. The standard InChI is InChI=1S/C25H22ClNO5/c1-28-17-7-8-19(24(13-17)30-3)27-20-14-23(32-21-10-6-16(26)12-18(20)21)15-5-9-22(29-2)25(11-15)31-4/h5-14H,1-4H3. The van der Waals surface area contributed by atoms with E-state index in [0.717, 1.165) is 10.9 Å². The van der Waals surface area contributed by atoms with Gasteiger partial charge < -0.3 is 23.4 Å². The lowest BCUT2D eigenvalue weighted by molar-refractivity contribution is 0.355. The van der Waals surface area contributed by atoms with Crippen molar-refractivity contribution in [1.82, 2.24) is 0 Å². The van der Waals surface area contributed by atoms with Crippen LogP contribution in [-0.4, -0.2) is 28.4 Å². The third-order valence-electron chi connectivity index (χ3n) is 5.00. The van der Waals surface area contributed by atoms with Crippen molar-refractivity contribution < 1.29 is 23.4 Å². The topological polar surface area (TPSA) is 62.4 Å². The highest BCUT2D eigenvalue weighted by atomic mass is 35.5. The number of halogens is 1. The van der Waals surface area contributed by atoms with E-state index in [2.05, 4.69) is 0 Å². The van der Waals surface area contributed by atoms with Crippen molar-refractivity contribution >= 4 is 28.3 Å². The van der Waals surface area contributed by atoms with Gasteiger partial charge in [-0.3, -0.25) is 0 Å². The molecule has 0 aliphatic rings. The second kappa shape index (κ2) is 9.24. The minimum atomic E-state index is 0.588. The van der Waals surface area contributed by atoms with Gasteiger partial charge in [-0.15, -0.1) is 0 Å². The van der Waals surface area contributed by atoms with E-state index in [1.54, 1.807) is 40.6 Å². The molecule has 0 saturated heterocycles. The molecule has 7 heteroatoms. The average molecular weight is 452 g/mol. The van der Waals surface area contributed by atoms with E-state index in [0.29, 0.717) is 50.4 Å². The highest BCUT2D eigenvalue weighted by Gasteiger charge is 2.12. The van der Waals surface area contributed by atoms with Crippen LogP contribution in [0.4, 0.5) is 5.69 Å². The Morgan fingerprint density at radius 2 is 1.50 bits per heavy atom. The Labute approximate surface area is 190 Å². The van der Waals surface area contributed by atoms with E-state index in [4.69, 9.17) is 40.0 Å². The van der Waals surface area contributed by atoms with E-state index in [9.17, 15) is 0 Å². The molecule has 0 radical (unpaired) electrons. The molecule has 4 aromatic rings. The lowest BCUT2D eigenvalue weighted by Gasteiger charge is -2.11. The smallest absolute Gasteiger partial charge is 0.161 e. The van der Waals surface area contributed by atoms with Gasteiger partial charge >= 0.3 is 0 Å². The first kappa shape index (κ1) is 21.6. The van der Waals surface area contributed by atoms with Crippen LogP contribution in [0.25, 0.3) is 22.3 Å². The molecule has 0 fully saturated rings. The quantitative estimate of drug-likeness (QED) is 0.358. The molecule has 1 heterocycles. The van der Waals surface area contributed by atoms with Gasteiger partial charge in [-0.1, -0.05) is 11.6 Å². The van der Waals surface area contributed by atoms with Gasteiger partial charge in [-0.2, -0.15) is 0 Å². The molecular weight excluding hydrogens is 430 g/mol. The van der Waals surface area contributed by atoms with Crippen LogP contribution < -0.4 is 24.3 Å². The predicted molar refractivity (Wildman–Crippen MR) is 125 cm³/mol. The second-order valence-corrected chi connectivity index (χ2v) is 7.29. The largest absolute Gasteiger partial charge is 0.497 e. The molecule has 4 rings (SSSR count). The zero-order valence-corrected chi connectivity index (χ0v) is 18.9. The van der Waals surface area contributed by atoms with E-state index in [-0.39, 0.29) is 0 Å². The summed E-state index contributed by atoms with van der Waals surface area (Å²) < 4.78 is 27.8. The monoisotopic (exact) mass is 451 g/mol. The van der Waals surface area contributed by atoms with Crippen LogP contribution in [0.5, 0.6) is 23.0 Å². The zero-order valence-electron chi connectivity index (χ0n) is 18.1. The van der Waals surface area contributed by atoms with Crippen LogP contribution >= 0.6 is 11.6 Å². The van der Waals surface area contributed by atoms with Crippen LogP contribution in [0.15, 0.2) is 70.1 Å². The Balaban J connectivity index is 1.97. The predicted octanol–water partition coefficient (Wildman–Crippen LogP) is 6.02. The second-order valence-electron chi connectivity index (χ2n) is 6.86. The molecule has 0 aliphatic heterocycles. The van der Waals surface area contributed by atoms with Gasteiger partial charge in [0.15, 0.2) is 11.5 Å². The molecule has 164 valence electrons. The highest BCUT2D eigenvalue weighted by Crippen LogP contribution is 2.34. The van der Waals surface area contributed by atoms with Gasteiger partial charge in [0.2, 0.25) is 0 Å². The van der Waals surface area contributed by atoms with Crippen LogP contribution in [-0.2, 0) is 0 Å². The number of nitrogens with zero attached hydrogens (tertiary/aromatic N) is 1. The molecule has 0 saturated carbocycles. The van der Waals surface area contributed by atoms with Crippen LogP contribution in [0.1, 0.15) is 0 Å². The van der Waals surface area contributed by atoms with Crippen LogP contribution in [0.2, 0.25) is 5.02 Å². The van der Waals surface area contributed by atoms with Gasteiger partial charge in [0.1, 0.15) is 28.5 Å². The van der Waals surface area contributed by atoms with Gasteiger partial charge in [0, 0.05) is 28.1 Å². The molecule has 0 amide bonds. The Kier molecular flexibility index (Phi) is 6.23. The SMILES string of the molecule is COc1ccc(N=c2cc(-c3ccc(OC)c(OC)c3)oc3ccc(Cl)cc23)c(OC)c1. The Bertz CT molecular complexity index is 1350. The molecular formula is C25H22ClNO5. The fourth-order valence-electron chi connectivity index (χ4n) is 3.37. The summed E-state index contributed by atoms with van der Waals surface area (Å²) in [5, 5.41) is 2.05. The van der Waals surface area contributed by atoms with Crippen molar-refractivity contribution in [3.05, 3.63) is 71.0 Å². The van der Waals surface area contributed by atoms with Crippen molar-refractivity contribution in [3.63, 3.8) is 0 Å². The number of rotatable bonds is 6. The molecule has 0 N–H and O–H groups in total. The minimum Gasteiger partial charge on any atom is -0.497 e. The van der Waals surface area contributed by atoms with Gasteiger partial charge in [0.05, 0.1) is 33.8 Å². The van der Waals surface area contributed by atoms with E-state index in [1.807, 2.05) is 48.5 Å². The van der Waals surface area contributed by atoms with Crippen molar-refractivity contribution in [3.8, 4) is 34.3 Å². The maximum Gasteiger partial charge on any atom is 0.161 e. The normalized spacial score (nSPS) is 11.5. The summed E-state index contributed by atoms with van der Waals surface area (Å²) in [6.07, 6.45) is 0. The summed E-state index contributed by atoms with van der Waals surface area (Å²) >= 11 is 6.27. The highest BCUT2D eigenvalue weighted by molar-refractivity contribution is 6.31. The lowest BCUT2D eigenvalue weighted by atomic mass is 10.1. The summed E-state index contributed by atoms with van der Waals surface area (Å²) in [5.74, 6) is 3.13. The van der Waals surface area contributed by atoms with Gasteiger partial charge in [0.25, 0.3) is 0 Å². The zero-order chi connectivity index (χ0) is 22.7. The minimum absolute atomic E-state index is 0.588. The van der Waals surface area contributed by atoms with Crippen LogP contribution in [0, 0.1) is 0 Å². The van der Waals surface area contributed by atoms with Crippen molar-refractivity contribution in [1.29, 1.82) is 0 Å². The molecule has 6 nitrogen and oxygen atoms in total. The fourth-order valence-corrected chi connectivity index (χ4v) is 3.54. The molecule has 0 bridgehead atoms. The third-order valence-corrected chi connectivity index (χ3v) is 5.24. The number of hydrogen-bond acceptors (Lipinski definition) is 6. The number of methoxy groups -OCH3 is 4. The maximum atomic E-state index is 6.27. The average Bonchev–Trinajstić information content (AvgIpc) is 2.83. The van der Waals surface area contributed by atoms with Crippen molar-refractivity contribution in [2.45, 2.75) is 0 Å². The number of benzene rings is 3.